The molecule has 1 fully saturated rings. The number of nitrogens with one attached hydrogen (secondary N) is 2. The van der Waals surface area contributed by atoms with Crippen molar-refractivity contribution in [3.63, 3.8) is 0 Å². The number of piperidine rings is 1. The molecule has 0 aromatic heterocycles. The highest BCUT2D eigenvalue weighted by atomic mass is 15.3. The Morgan fingerprint density at radius 1 is 1.15 bits per heavy atom. The van der Waals surface area contributed by atoms with Gasteiger partial charge in [0, 0.05) is 30.5 Å². The van der Waals surface area contributed by atoms with Crippen LogP contribution in [0.3, 0.4) is 0 Å². The monoisotopic (exact) mass is 275 g/mol. The van der Waals surface area contributed by atoms with E-state index in [1.807, 2.05) is 13.8 Å². The van der Waals surface area contributed by atoms with E-state index < -0.39 is 0 Å². The minimum absolute atomic E-state index is 0.196. The lowest BCUT2D eigenvalue weighted by atomic mass is 10.1. The van der Waals surface area contributed by atoms with Crippen molar-refractivity contribution in [2.45, 2.75) is 39.2 Å². The fourth-order valence-electron chi connectivity index (χ4n) is 2.41. The maximum absolute atomic E-state index is 5.46. The number of hydrazine groups is 1. The smallest absolute Gasteiger partial charge is 0.210 e. The van der Waals surface area contributed by atoms with Crippen molar-refractivity contribution in [1.82, 2.24) is 5.43 Å². The van der Waals surface area contributed by atoms with Gasteiger partial charge in [0.15, 0.2) is 0 Å². The maximum atomic E-state index is 5.46. The molecule has 1 saturated heterocycles. The van der Waals surface area contributed by atoms with Crippen molar-refractivity contribution in [2.75, 3.05) is 23.3 Å². The second-order valence-corrected chi connectivity index (χ2v) is 5.44. The zero-order chi connectivity index (χ0) is 14.4. The van der Waals surface area contributed by atoms with Gasteiger partial charge in [-0.05, 0) is 57.4 Å². The molecule has 1 heterocycles. The average Bonchev–Trinajstić information content (AvgIpc) is 2.48. The standard InChI is InChI=1S/C15H25N5/c1-12(2)17-15(19-16)18-13-6-8-14(9-7-13)20-10-4-3-5-11-20/h6-9,12H,3-5,10-11,16H2,1-2H3,(H2,17,18,19). The number of nitrogens with two attached hydrogens (primary N) is 1. The number of hydrogen-bond acceptors (Lipinski definition) is 3. The van der Waals surface area contributed by atoms with Crippen molar-refractivity contribution in [3.8, 4) is 0 Å². The van der Waals surface area contributed by atoms with Gasteiger partial charge in [-0.1, -0.05) is 0 Å². The molecule has 0 unspecified atom stereocenters. The van der Waals surface area contributed by atoms with Gasteiger partial charge < -0.3 is 10.2 Å². The lowest BCUT2D eigenvalue weighted by molar-refractivity contribution is 0.578. The fourth-order valence-corrected chi connectivity index (χ4v) is 2.41. The number of nitrogens with zero attached hydrogens (tertiary/aromatic N) is 2. The van der Waals surface area contributed by atoms with E-state index in [1.54, 1.807) is 0 Å². The third-order valence-electron chi connectivity index (χ3n) is 3.38. The molecule has 0 spiro atoms. The Kier molecular flexibility index (Phi) is 5.24. The van der Waals surface area contributed by atoms with Crippen LogP contribution in [-0.4, -0.2) is 25.1 Å². The number of aliphatic imine (C=N–C) groups is 1. The summed E-state index contributed by atoms with van der Waals surface area (Å²) < 4.78 is 0. The Morgan fingerprint density at radius 2 is 1.80 bits per heavy atom. The molecule has 20 heavy (non-hydrogen) atoms. The van der Waals surface area contributed by atoms with Gasteiger partial charge in [0.1, 0.15) is 0 Å². The highest BCUT2D eigenvalue weighted by molar-refractivity contribution is 5.93. The molecule has 1 aromatic carbocycles. The molecule has 2 rings (SSSR count). The van der Waals surface area contributed by atoms with Crippen LogP contribution >= 0.6 is 0 Å². The molecule has 1 aromatic rings. The maximum Gasteiger partial charge on any atom is 0.210 e. The highest BCUT2D eigenvalue weighted by Gasteiger charge is 2.10. The van der Waals surface area contributed by atoms with Crippen LogP contribution in [0.5, 0.6) is 0 Å². The topological polar surface area (TPSA) is 65.7 Å². The zero-order valence-electron chi connectivity index (χ0n) is 12.4. The van der Waals surface area contributed by atoms with E-state index in [0.29, 0.717) is 5.96 Å². The van der Waals surface area contributed by atoms with Gasteiger partial charge in [-0.2, -0.15) is 0 Å². The Morgan fingerprint density at radius 3 is 2.35 bits per heavy atom. The summed E-state index contributed by atoms with van der Waals surface area (Å²) in [6.07, 6.45) is 3.94. The normalized spacial score (nSPS) is 16.4. The summed E-state index contributed by atoms with van der Waals surface area (Å²) >= 11 is 0. The molecule has 1 aliphatic heterocycles. The molecule has 0 bridgehead atoms. The van der Waals surface area contributed by atoms with E-state index in [9.17, 15) is 0 Å². The van der Waals surface area contributed by atoms with Gasteiger partial charge >= 0.3 is 0 Å². The second kappa shape index (κ2) is 7.14. The summed E-state index contributed by atoms with van der Waals surface area (Å²) in [5.74, 6) is 6.05. The minimum Gasteiger partial charge on any atom is -0.372 e. The van der Waals surface area contributed by atoms with Gasteiger partial charge in [-0.3, -0.25) is 5.43 Å². The predicted molar refractivity (Wildman–Crippen MR) is 86.0 cm³/mol. The predicted octanol–water partition coefficient (Wildman–Crippen LogP) is 2.32. The SMILES string of the molecule is CC(C)N=C(NN)Nc1ccc(N2CCCCC2)cc1. The Labute approximate surface area is 121 Å². The number of rotatable bonds is 3. The number of hydrogen-bond donors (Lipinski definition) is 3. The van der Waals surface area contributed by atoms with E-state index in [-0.39, 0.29) is 6.04 Å². The summed E-state index contributed by atoms with van der Waals surface area (Å²) in [5.41, 5.74) is 4.87. The first-order valence-electron chi connectivity index (χ1n) is 7.35. The van der Waals surface area contributed by atoms with Crippen molar-refractivity contribution < 1.29 is 0 Å². The summed E-state index contributed by atoms with van der Waals surface area (Å²) in [6.45, 7) is 6.35. The lowest BCUT2D eigenvalue weighted by Crippen LogP contribution is -2.37. The molecule has 110 valence electrons. The molecule has 0 radical (unpaired) electrons. The van der Waals surface area contributed by atoms with Gasteiger partial charge in [-0.25, -0.2) is 10.8 Å². The number of anilines is 2. The van der Waals surface area contributed by atoms with Crippen LogP contribution in [-0.2, 0) is 0 Å². The van der Waals surface area contributed by atoms with Crippen LogP contribution in [0, 0.1) is 0 Å². The van der Waals surface area contributed by atoms with Gasteiger partial charge in [0.25, 0.3) is 0 Å². The first kappa shape index (κ1) is 14.7. The molecular formula is C15H25N5. The van der Waals surface area contributed by atoms with Crippen LogP contribution < -0.4 is 21.5 Å². The second-order valence-electron chi connectivity index (χ2n) is 5.44. The quantitative estimate of drug-likeness (QED) is 0.343. The molecule has 4 N–H and O–H groups in total. The molecule has 5 nitrogen and oxygen atoms in total. The number of guanidine groups is 1. The highest BCUT2D eigenvalue weighted by Crippen LogP contribution is 2.21. The van der Waals surface area contributed by atoms with Crippen molar-refractivity contribution in [3.05, 3.63) is 24.3 Å². The third-order valence-corrected chi connectivity index (χ3v) is 3.38. The van der Waals surface area contributed by atoms with E-state index >= 15 is 0 Å². The van der Waals surface area contributed by atoms with Crippen LogP contribution in [0.1, 0.15) is 33.1 Å². The minimum atomic E-state index is 0.196. The molecule has 0 saturated carbocycles. The van der Waals surface area contributed by atoms with Crippen LogP contribution in [0.4, 0.5) is 11.4 Å². The van der Waals surface area contributed by atoms with Gasteiger partial charge in [0.2, 0.25) is 5.96 Å². The third kappa shape index (κ3) is 4.13. The molecule has 0 aliphatic carbocycles. The summed E-state index contributed by atoms with van der Waals surface area (Å²) in [6, 6.07) is 8.63. The first-order valence-corrected chi connectivity index (χ1v) is 7.35. The summed E-state index contributed by atoms with van der Waals surface area (Å²) in [4.78, 5) is 6.80. The molecule has 5 heteroatoms. The average molecular weight is 275 g/mol. The van der Waals surface area contributed by atoms with Gasteiger partial charge in [0.05, 0.1) is 0 Å². The number of benzene rings is 1. The van der Waals surface area contributed by atoms with E-state index in [4.69, 9.17) is 5.84 Å². The van der Waals surface area contributed by atoms with Crippen molar-refractivity contribution in [1.29, 1.82) is 0 Å². The largest absolute Gasteiger partial charge is 0.372 e. The van der Waals surface area contributed by atoms with Crippen LogP contribution in [0.2, 0.25) is 0 Å². The van der Waals surface area contributed by atoms with Crippen LogP contribution in [0.25, 0.3) is 0 Å². The Balaban J connectivity index is 2.00. The Hall–Kier alpha value is -1.75. The van der Waals surface area contributed by atoms with Gasteiger partial charge in [-0.15, -0.1) is 0 Å². The lowest BCUT2D eigenvalue weighted by Gasteiger charge is -2.28. The molecular weight excluding hydrogens is 250 g/mol. The molecule has 0 amide bonds. The first-order chi connectivity index (χ1) is 9.69. The van der Waals surface area contributed by atoms with Crippen LogP contribution in [0.15, 0.2) is 29.3 Å². The zero-order valence-corrected chi connectivity index (χ0v) is 12.4. The van der Waals surface area contributed by atoms with Crippen molar-refractivity contribution in [2.24, 2.45) is 10.8 Å². The van der Waals surface area contributed by atoms with Crippen molar-refractivity contribution >= 4 is 17.3 Å². The molecule has 0 atom stereocenters. The van der Waals surface area contributed by atoms with E-state index in [2.05, 4.69) is 44.9 Å². The fraction of sp³-hybridized carbons (Fsp3) is 0.533. The summed E-state index contributed by atoms with van der Waals surface area (Å²) in [7, 11) is 0. The van der Waals surface area contributed by atoms with E-state index in [1.165, 1.54) is 24.9 Å². The van der Waals surface area contributed by atoms with E-state index in [0.717, 1.165) is 18.8 Å². The Bertz CT molecular complexity index is 432. The molecule has 1 aliphatic rings. The summed E-state index contributed by atoms with van der Waals surface area (Å²) in [5, 5.41) is 3.19.